The summed E-state index contributed by atoms with van der Waals surface area (Å²) >= 11 is 0. The van der Waals surface area contributed by atoms with Gasteiger partial charge in [-0.3, -0.25) is 0 Å². The number of hydrogen-bond acceptors (Lipinski definition) is 3. The van der Waals surface area contributed by atoms with E-state index in [9.17, 15) is 0 Å². The first-order chi connectivity index (χ1) is 16.3. The van der Waals surface area contributed by atoms with Crippen molar-refractivity contribution in [2.75, 3.05) is 13.4 Å². The Balaban J connectivity index is 1.43. The molecule has 0 aromatic heterocycles. The molecule has 3 heteroatoms. The highest BCUT2D eigenvalue weighted by Crippen LogP contribution is 2.32. The van der Waals surface area contributed by atoms with E-state index < -0.39 is 0 Å². The topological polar surface area (TPSA) is 27.7 Å². The van der Waals surface area contributed by atoms with Crippen LogP contribution in [0.25, 0.3) is 11.1 Å². The second kappa shape index (κ2) is 15.1. The van der Waals surface area contributed by atoms with Crippen LogP contribution in [0.15, 0.2) is 48.5 Å². The number of benzene rings is 2. The molecule has 0 aliphatic carbocycles. The largest absolute Gasteiger partial charge is 0.494 e. The molecule has 1 saturated heterocycles. The van der Waals surface area contributed by atoms with Gasteiger partial charge in [-0.1, -0.05) is 108 Å². The van der Waals surface area contributed by atoms with Crippen molar-refractivity contribution in [1.29, 1.82) is 0 Å². The highest BCUT2D eigenvalue weighted by Gasteiger charge is 2.24. The normalized spacial score (nSPS) is 18.4. The van der Waals surface area contributed by atoms with Gasteiger partial charge in [0.05, 0.1) is 18.8 Å². The predicted octanol–water partition coefficient (Wildman–Crippen LogP) is 8.87. The molecular weight excluding hydrogens is 408 g/mol. The quantitative estimate of drug-likeness (QED) is 0.253. The first kappa shape index (κ1) is 25.8. The molecule has 0 bridgehead atoms. The van der Waals surface area contributed by atoms with E-state index in [2.05, 4.69) is 62.4 Å². The first-order valence-corrected chi connectivity index (χ1v) is 13.4. The second-order valence-electron chi connectivity index (χ2n) is 9.41. The van der Waals surface area contributed by atoms with Gasteiger partial charge in [0.1, 0.15) is 12.5 Å². The Kier molecular flexibility index (Phi) is 11.8. The number of rotatable bonds is 15. The Labute approximate surface area is 201 Å². The predicted molar refractivity (Wildman–Crippen MR) is 138 cm³/mol. The molecule has 0 N–H and O–H groups in total. The summed E-state index contributed by atoms with van der Waals surface area (Å²) in [6, 6.07) is 17.3. The second-order valence-corrected chi connectivity index (χ2v) is 9.41. The van der Waals surface area contributed by atoms with E-state index in [0.717, 1.165) is 31.6 Å². The van der Waals surface area contributed by atoms with Gasteiger partial charge in [-0.25, -0.2) is 0 Å². The highest BCUT2D eigenvalue weighted by molar-refractivity contribution is 5.64. The monoisotopic (exact) mass is 452 g/mol. The third-order valence-corrected chi connectivity index (χ3v) is 6.67. The van der Waals surface area contributed by atoms with Crippen LogP contribution in [-0.2, 0) is 9.47 Å². The Morgan fingerprint density at radius 3 is 2.00 bits per heavy atom. The smallest absolute Gasteiger partial charge is 0.147 e. The van der Waals surface area contributed by atoms with E-state index in [0.29, 0.717) is 12.9 Å². The summed E-state index contributed by atoms with van der Waals surface area (Å²) in [7, 11) is 0. The summed E-state index contributed by atoms with van der Waals surface area (Å²) in [6.45, 7) is 5.73. The molecule has 1 heterocycles. The molecule has 0 spiro atoms. The van der Waals surface area contributed by atoms with Gasteiger partial charge in [-0.15, -0.1) is 0 Å². The van der Waals surface area contributed by atoms with Crippen molar-refractivity contribution in [3.63, 3.8) is 0 Å². The molecule has 0 saturated carbocycles. The van der Waals surface area contributed by atoms with Crippen LogP contribution >= 0.6 is 0 Å². The van der Waals surface area contributed by atoms with Crippen LogP contribution in [0.5, 0.6) is 5.75 Å². The lowest BCUT2D eigenvalue weighted by molar-refractivity contribution is -0.179. The molecule has 3 nitrogen and oxygen atoms in total. The SMILES string of the molecule is CCCCCCCCOc1ccc(-c2ccc([C@H]3C[C@@H](CCCCCC)OCO3)cc2)cc1. The van der Waals surface area contributed by atoms with Crippen LogP contribution in [0.1, 0.15) is 103 Å². The van der Waals surface area contributed by atoms with Gasteiger partial charge in [-0.2, -0.15) is 0 Å². The standard InChI is InChI=1S/C30H44O3/c1-3-5-7-9-10-12-22-31-28-20-18-26(19-21-28)25-14-16-27(17-15-25)30-23-29(32-24-33-30)13-11-8-6-4-2/h14-21,29-30H,3-13,22-24H2,1-2H3/t29-,30-/m1/s1. The summed E-state index contributed by atoms with van der Waals surface area (Å²) in [5.41, 5.74) is 3.69. The van der Waals surface area contributed by atoms with E-state index in [-0.39, 0.29) is 6.10 Å². The minimum atomic E-state index is 0.140. The number of unbranched alkanes of at least 4 members (excludes halogenated alkanes) is 8. The van der Waals surface area contributed by atoms with Crippen molar-refractivity contribution in [2.24, 2.45) is 0 Å². The average Bonchev–Trinajstić information content (AvgIpc) is 2.87. The number of ether oxygens (including phenoxy) is 3. The lowest BCUT2D eigenvalue weighted by Gasteiger charge is -2.30. The van der Waals surface area contributed by atoms with E-state index in [1.165, 1.54) is 74.5 Å². The van der Waals surface area contributed by atoms with E-state index in [1.807, 2.05) is 0 Å². The Hall–Kier alpha value is -1.84. The Morgan fingerprint density at radius 1 is 0.697 bits per heavy atom. The van der Waals surface area contributed by atoms with Crippen molar-refractivity contribution in [3.05, 3.63) is 54.1 Å². The molecule has 1 aliphatic rings. The average molecular weight is 453 g/mol. The molecule has 3 rings (SSSR count). The molecular formula is C30H44O3. The van der Waals surface area contributed by atoms with Crippen molar-refractivity contribution < 1.29 is 14.2 Å². The third kappa shape index (κ3) is 9.14. The molecule has 0 amide bonds. The lowest BCUT2D eigenvalue weighted by atomic mass is 9.96. The summed E-state index contributed by atoms with van der Waals surface area (Å²) in [5, 5.41) is 0. The molecule has 1 fully saturated rings. The third-order valence-electron chi connectivity index (χ3n) is 6.67. The van der Waals surface area contributed by atoms with E-state index in [4.69, 9.17) is 14.2 Å². The molecule has 1 aliphatic heterocycles. The molecule has 2 atom stereocenters. The summed E-state index contributed by atoms with van der Waals surface area (Å²) in [4.78, 5) is 0. The lowest BCUT2D eigenvalue weighted by Crippen LogP contribution is -2.26. The first-order valence-electron chi connectivity index (χ1n) is 13.4. The van der Waals surface area contributed by atoms with Crippen molar-refractivity contribution in [3.8, 4) is 16.9 Å². The maximum atomic E-state index is 5.92. The molecule has 2 aromatic rings. The van der Waals surface area contributed by atoms with Gasteiger partial charge in [0.25, 0.3) is 0 Å². The Bertz CT molecular complexity index is 753. The zero-order chi connectivity index (χ0) is 23.1. The fourth-order valence-electron chi connectivity index (χ4n) is 4.53. The van der Waals surface area contributed by atoms with Gasteiger partial charge < -0.3 is 14.2 Å². The minimum Gasteiger partial charge on any atom is -0.494 e. The van der Waals surface area contributed by atoms with Crippen LogP contribution in [0, 0.1) is 0 Å². The molecule has 33 heavy (non-hydrogen) atoms. The molecule has 0 unspecified atom stereocenters. The summed E-state index contributed by atoms with van der Waals surface area (Å²) in [6.07, 6.45) is 15.4. The van der Waals surface area contributed by atoms with Gasteiger partial charge >= 0.3 is 0 Å². The summed E-state index contributed by atoms with van der Waals surface area (Å²) < 4.78 is 17.7. The molecule has 182 valence electrons. The van der Waals surface area contributed by atoms with Crippen molar-refractivity contribution >= 4 is 0 Å². The van der Waals surface area contributed by atoms with Crippen LogP contribution < -0.4 is 4.74 Å². The molecule has 2 aromatic carbocycles. The van der Waals surface area contributed by atoms with E-state index in [1.54, 1.807) is 0 Å². The van der Waals surface area contributed by atoms with E-state index >= 15 is 0 Å². The van der Waals surface area contributed by atoms with Gasteiger partial charge in [0.15, 0.2) is 0 Å². The van der Waals surface area contributed by atoms with Crippen LogP contribution in [-0.4, -0.2) is 19.5 Å². The van der Waals surface area contributed by atoms with Crippen LogP contribution in [0.4, 0.5) is 0 Å². The highest BCUT2D eigenvalue weighted by atomic mass is 16.7. The zero-order valence-corrected chi connectivity index (χ0v) is 20.9. The van der Waals surface area contributed by atoms with Crippen molar-refractivity contribution in [1.82, 2.24) is 0 Å². The zero-order valence-electron chi connectivity index (χ0n) is 20.9. The minimum absolute atomic E-state index is 0.140. The van der Waals surface area contributed by atoms with Crippen LogP contribution in [0.3, 0.4) is 0 Å². The van der Waals surface area contributed by atoms with Gasteiger partial charge in [-0.05, 0) is 41.7 Å². The maximum Gasteiger partial charge on any atom is 0.147 e. The Morgan fingerprint density at radius 2 is 1.30 bits per heavy atom. The molecule has 0 radical (unpaired) electrons. The summed E-state index contributed by atoms with van der Waals surface area (Å²) in [5.74, 6) is 0.963. The fourth-order valence-corrected chi connectivity index (χ4v) is 4.53. The van der Waals surface area contributed by atoms with Crippen LogP contribution in [0.2, 0.25) is 0 Å². The van der Waals surface area contributed by atoms with Crippen molar-refractivity contribution in [2.45, 2.75) is 103 Å². The maximum absolute atomic E-state index is 5.92. The van der Waals surface area contributed by atoms with Gasteiger partial charge in [0.2, 0.25) is 0 Å². The number of hydrogen-bond donors (Lipinski definition) is 0. The fraction of sp³-hybridized carbons (Fsp3) is 0.600. The van der Waals surface area contributed by atoms with Gasteiger partial charge in [0, 0.05) is 6.42 Å².